The van der Waals surface area contributed by atoms with E-state index in [2.05, 4.69) is 16.1 Å². The molecule has 1 aliphatic heterocycles. The van der Waals surface area contributed by atoms with Crippen molar-refractivity contribution >= 4 is 18.1 Å². The third-order valence-electron chi connectivity index (χ3n) is 1.56. The van der Waals surface area contributed by atoms with E-state index in [0.717, 1.165) is 13.1 Å². The molecule has 1 aliphatic rings. The monoisotopic (exact) mass is 158 g/mol. The second-order valence-electron chi connectivity index (χ2n) is 2.40. The van der Waals surface area contributed by atoms with Crippen LogP contribution in [0.1, 0.15) is 6.42 Å². The van der Waals surface area contributed by atoms with E-state index in [1.54, 1.807) is 0 Å². The van der Waals surface area contributed by atoms with E-state index >= 15 is 0 Å². The quantitative estimate of drug-likeness (QED) is 0.569. The molecule has 0 radical (unpaired) electrons. The van der Waals surface area contributed by atoms with Crippen LogP contribution in [0.5, 0.6) is 0 Å². The predicted molar refractivity (Wildman–Crippen MR) is 47.9 cm³/mol. The normalized spacial score (nSPS) is 16.7. The molecule has 0 aliphatic carbocycles. The fourth-order valence-corrected chi connectivity index (χ4v) is 1.42. The lowest BCUT2D eigenvalue weighted by atomic mass is 10.4. The van der Waals surface area contributed by atoms with Crippen molar-refractivity contribution < 1.29 is 0 Å². The van der Waals surface area contributed by atoms with Crippen LogP contribution in [0.15, 0.2) is 4.99 Å². The molecule has 0 aromatic rings. The summed E-state index contributed by atoms with van der Waals surface area (Å²) in [6.45, 7) is 3.32. The number of thioether (sulfide) groups is 1. The summed E-state index contributed by atoms with van der Waals surface area (Å²) >= 11 is 1.91. The van der Waals surface area contributed by atoms with Gasteiger partial charge in [-0.2, -0.15) is 11.8 Å². The molecule has 0 saturated heterocycles. The Labute approximate surface area is 66.7 Å². The fourth-order valence-electron chi connectivity index (χ4n) is 0.999. The molecule has 0 N–H and O–H groups in total. The van der Waals surface area contributed by atoms with Crippen molar-refractivity contribution in [3.05, 3.63) is 0 Å². The Hall–Kier alpha value is -0.180. The highest BCUT2D eigenvalue weighted by molar-refractivity contribution is 7.98. The highest BCUT2D eigenvalue weighted by atomic mass is 32.2. The van der Waals surface area contributed by atoms with Crippen LogP contribution in [0.4, 0.5) is 0 Å². The van der Waals surface area contributed by atoms with Crippen LogP contribution in [0.2, 0.25) is 0 Å². The van der Waals surface area contributed by atoms with Crippen LogP contribution in [0.3, 0.4) is 0 Å². The minimum absolute atomic E-state index is 0.999. The maximum atomic E-state index is 4.14. The third-order valence-corrected chi connectivity index (χ3v) is 2.25. The summed E-state index contributed by atoms with van der Waals surface area (Å²) in [6, 6.07) is 0. The van der Waals surface area contributed by atoms with Gasteiger partial charge in [0.05, 0.1) is 12.9 Å². The summed E-state index contributed by atoms with van der Waals surface area (Å²) in [7, 11) is 0. The Morgan fingerprint density at radius 1 is 1.70 bits per heavy atom. The Bertz CT molecular complexity index is 114. The smallest absolute Gasteiger partial charge is 0.0851 e. The van der Waals surface area contributed by atoms with Crippen molar-refractivity contribution in [3.63, 3.8) is 0 Å². The second-order valence-corrected chi connectivity index (χ2v) is 3.39. The van der Waals surface area contributed by atoms with E-state index < -0.39 is 0 Å². The first-order valence-corrected chi connectivity index (χ1v) is 5.06. The van der Waals surface area contributed by atoms with Crippen LogP contribution < -0.4 is 0 Å². The fraction of sp³-hybridized carbons (Fsp3) is 0.857. The molecule has 0 fully saturated rings. The van der Waals surface area contributed by atoms with Crippen molar-refractivity contribution in [2.75, 3.05) is 31.6 Å². The van der Waals surface area contributed by atoms with Crippen LogP contribution in [-0.4, -0.2) is 42.9 Å². The number of hydrogen-bond acceptors (Lipinski definition) is 3. The van der Waals surface area contributed by atoms with Gasteiger partial charge in [-0.3, -0.25) is 4.99 Å². The average Bonchev–Trinajstić information content (AvgIpc) is 2.41. The SMILES string of the molecule is CSCCCN1C=NCC1. The van der Waals surface area contributed by atoms with Gasteiger partial charge in [-0.15, -0.1) is 0 Å². The minimum Gasteiger partial charge on any atom is -0.361 e. The van der Waals surface area contributed by atoms with E-state index in [1.807, 2.05) is 18.1 Å². The number of aliphatic imine (C=N–C) groups is 1. The molecule has 2 nitrogen and oxygen atoms in total. The maximum Gasteiger partial charge on any atom is 0.0851 e. The van der Waals surface area contributed by atoms with Gasteiger partial charge >= 0.3 is 0 Å². The standard InChI is InChI=1S/C7H14N2S/c1-10-6-2-4-9-5-3-8-7-9/h7H,2-6H2,1H3. The molecule has 0 saturated carbocycles. The molecule has 0 atom stereocenters. The number of hydrogen-bond donors (Lipinski definition) is 0. The van der Waals surface area contributed by atoms with Crippen molar-refractivity contribution in [1.82, 2.24) is 4.90 Å². The van der Waals surface area contributed by atoms with E-state index in [-0.39, 0.29) is 0 Å². The minimum atomic E-state index is 0.999. The Morgan fingerprint density at radius 3 is 3.20 bits per heavy atom. The zero-order valence-electron chi connectivity index (χ0n) is 6.42. The number of rotatable bonds is 4. The first-order chi connectivity index (χ1) is 4.93. The molecule has 0 spiro atoms. The average molecular weight is 158 g/mol. The third kappa shape index (κ3) is 2.60. The molecule has 10 heavy (non-hydrogen) atoms. The summed E-state index contributed by atoms with van der Waals surface area (Å²) in [5.74, 6) is 1.27. The molecular formula is C7H14N2S. The molecule has 1 rings (SSSR count). The van der Waals surface area contributed by atoms with Crippen LogP contribution in [0, 0.1) is 0 Å². The van der Waals surface area contributed by atoms with Gasteiger partial charge in [0.25, 0.3) is 0 Å². The van der Waals surface area contributed by atoms with E-state index in [0.29, 0.717) is 0 Å². The molecule has 0 aromatic carbocycles. The lowest BCUT2D eigenvalue weighted by molar-refractivity contribution is 0.467. The summed E-state index contributed by atoms with van der Waals surface area (Å²) in [4.78, 5) is 6.43. The van der Waals surface area contributed by atoms with Crippen LogP contribution in [0.25, 0.3) is 0 Å². The first kappa shape index (κ1) is 7.92. The topological polar surface area (TPSA) is 15.6 Å². The highest BCUT2D eigenvalue weighted by Gasteiger charge is 2.02. The van der Waals surface area contributed by atoms with Crippen molar-refractivity contribution in [2.24, 2.45) is 4.99 Å². The molecule has 0 aromatic heterocycles. The second kappa shape index (κ2) is 4.61. The molecule has 1 heterocycles. The van der Waals surface area contributed by atoms with Crippen molar-refractivity contribution in [3.8, 4) is 0 Å². The van der Waals surface area contributed by atoms with Crippen LogP contribution in [-0.2, 0) is 0 Å². The van der Waals surface area contributed by atoms with Gasteiger partial charge in [0.2, 0.25) is 0 Å². The maximum absolute atomic E-state index is 4.14. The summed E-state index contributed by atoms with van der Waals surface area (Å²) < 4.78 is 0. The molecule has 0 unspecified atom stereocenters. The summed E-state index contributed by atoms with van der Waals surface area (Å²) in [6.07, 6.45) is 5.41. The lowest BCUT2D eigenvalue weighted by Gasteiger charge is -2.11. The van der Waals surface area contributed by atoms with E-state index in [9.17, 15) is 0 Å². The van der Waals surface area contributed by atoms with Gasteiger partial charge in [0.1, 0.15) is 0 Å². The summed E-state index contributed by atoms with van der Waals surface area (Å²) in [5, 5.41) is 0. The highest BCUT2D eigenvalue weighted by Crippen LogP contribution is 1.99. The molecule has 58 valence electrons. The van der Waals surface area contributed by atoms with E-state index in [1.165, 1.54) is 18.7 Å². The van der Waals surface area contributed by atoms with Crippen molar-refractivity contribution in [2.45, 2.75) is 6.42 Å². The summed E-state index contributed by atoms with van der Waals surface area (Å²) in [5.41, 5.74) is 0. The van der Waals surface area contributed by atoms with Gasteiger partial charge in [-0.05, 0) is 18.4 Å². The van der Waals surface area contributed by atoms with Gasteiger partial charge in [-0.1, -0.05) is 0 Å². The Morgan fingerprint density at radius 2 is 2.60 bits per heavy atom. The molecule has 0 amide bonds. The van der Waals surface area contributed by atoms with E-state index in [4.69, 9.17) is 0 Å². The Balaban J connectivity index is 1.97. The van der Waals surface area contributed by atoms with Crippen LogP contribution >= 0.6 is 11.8 Å². The first-order valence-electron chi connectivity index (χ1n) is 3.66. The zero-order valence-corrected chi connectivity index (χ0v) is 7.23. The lowest BCUT2D eigenvalue weighted by Crippen LogP contribution is -2.21. The Kier molecular flexibility index (Phi) is 3.65. The van der Waals surface area contributed by atoms with Gasteiger partial charge in [0.15, 0.2) is 0 Å². The van der Waals surface area contributed by atoms with Crippen molar-refractivity contribution in [1.29, 1.82) is 0 Å². The van der Waals surface area contributed by atoms with Gasteiger partial charge in [-0.25, -0.2) is 0 Å². The molecule has 3 heteroatoms. The zero-order chi connectivity index (χ0) is 7.23. The molecule has 0 bridgehead atoms. The van der Waals surface area contributed by atoms with Gasteiger partial charge < -0.3 is 4.90 Å². The molecular weight excluding hydrogens is 144 g/mol. The number of nitrogens with zero attached hydrogens (tertiary/aromatic N) is 2. The predicted octanol–water partition coefficient (Wildman–Crippen LogP) is 1.08. The largest absolute Gasteiger partial charge is 0.361 e. The van der Waals surface area contributed by atoms with Gasteiger partial charge in [0, 0.05) is 13.1 Å².